The minimum atomic E-state index is -1.03. The summed E-state index contributed by atoms with van der Waals surface area (Å²) in [6, 6.07) is 11.2. The van der Waals surface area contributed by atoms with Crippen molar-refractivity contribution in [3.05, 3.63) is 65.0 Å². The Kier molecular flexibility index (Phi) is 4.94. The average Bonchev–Trinajstić information content (AvgIpc) is 3.32. The van der Waals surface area contributed by atoms with Crippen LogP contribution in [0.25, 0.3) is 0 Å². The van der Waals surface area contributed by atoms with Crippen molar-refractivity contribution in [2.75, 3.05) is 11.9 Å². The third-order valence-electron chi connectivity index (χ3n) is 6.06. The van der Waals surface area contributed by atoms with Gasteiger partial charge in [-0.2, -0.15) is 0 Å². The van der Waals surface area contributed by atoms with Crippen LogP contribution in [0, 0.1) is 5.82 Å². The molecule has 0 unspecified atom stereocenters. The molecular formula is C23H22FNO4. The van der Waals surface area contributed by atoms with E-state index in [1.165, 1.54) is 6.07 Å². The summed E-state index contributed by atoms with van der Waals surface area (Å²) in [5.74, 6) is -1.77. The summed E-state index contributed by atoms with van der Waals surface area (Å²) in [5.41, 5.74) is 1.14. The molecule has 29 heavy (non-hydrogen) atoms. The second-order valence-electron chi connectivity index (χ2n) is 7.78. The Bertz CT molecular complexity index is 994. The van der Waals surface area contributed by atoms with Crippen molar-refractivity contribution in [2.24, 2.45) is 0 Å². The number of halogens is 1. The molecule has 150 valence electrons. The second kappa shape index (κ2) is 7.43. The van der Waals surface area contributed by atoms with E-state index in [0.717, 1.165) is 18.4 Å². The molecule has 1 aliphatic carbocycles. The summed E-state index contributed by atoms with van der Waals surface area (Å²) < 4.78 is 19.8. The molecule has 2 aromatic carbocycles. The number of benzene rings is 2. The molecule has 2 aromatic rings. The number of esters is 1. The molecule has 1 saturated carbocycles. The van der Waals surface area contributed by atoms with Crippen LogP contribution >= 0.6 is 0 Å². The molecule has 0 radical (unpaired) electrons. The maximum absolute atomic E-state index is 14.4. The van der Waals surface area contributed by atoms with Crippen LogP contribution in [0.15, 0.2) is 42.5 Å². The van der Waals surface area contributed by atoms with E-state index >= 15 is 0 Å². The maximum Gasteiger partial charge on any atom is 0.317 e. The average molecular weight is 395 g/mol. The van der Waals surface area contributed by atoms with Gasteiger partial charge in [0.2, 0.25) is 5.91 Å². The topological polar surface area (TPSA) is 72.5 Å². The smallest absolute Gasteiger partial charge is 0.317 e. The second-order valence-corrected chi connectivity index (χ2v) is 7.78. The first-order chi connectivity index (χ1) is 13.9. The van der Waals surface area contributed by atoms with E-state index in [4.69, 9.17) is 4.74 Å². The number of Topliss-reactive ketones (excluding diaryl/α,β-unsaturated/α-hetero) is 1. The molecule has 5 nitrogen and oxygen atoms in total. The van der Waals surface area contributed by atoms with Gasteiger partial charge in [-0.3, -0.25) is 14.4 Å². The van der Waals surface area contributed by atoms with Crippen LogP contribution in [-0.2, 0) is 19.7 Å². The van der Waals surface area contributed by atoms with Crippen molar-refractivity contribution in [1.82, 2.24) is 0 Å². The molecule has 0 bridgehead atoms. The van der Waals surface area contributed by atoms with Gasteiger partial charge >= 0.3 is 5.97 Å². The van der Waals surface area contributed by atoms with Crippen LogP contribution in [-0.4, -0.2) is 24.3 Å². The van der Waals surface area contributed by atoms with Crippen molar-refractivity contribution in [3.8, 4) is 0 Å². The number of ether oxygens (including phenoxy) is 1. The highest BCUT2D eigenvalue weighted by molar-refractivity contribution is 6.05. The zero-order valence-corrected chi connectivity index (χ0v) is 16.2. The molecule has 1 atom stereocenters. The van der Waals surface area contributed by atoms with Gasteiger partial charge in [0.25, 0.3) is 0 Å². The molecule has 6 heteroatoms. The quantitative estimate of drug-likeness (QED) is 0.611. The first-order valence-corrected chi connectivity index (χ1v) is 9.82. The predicted molar refractivity (Wildman–Crippen MR) is 105 cm³/mol. The predicted octanol–water partition coefficient (Wildman–Crippen LogP) is 4.12. The molecule has 2 aliphatic rings. The monoisotopic (exact) mass is 395 g/mol. The van der Waals surface area contributed by atoms with Gasteiger partial charge in [-0.15, -0.1) is 0 Å². The summed E-state index contributed by atoms with van der Waals surface area (Å²) in [6.45, 7) is 1.36. The zero-order valence-electron chi connectivity index (χ0n) is 16.2. The Morgan fingerprint density at radius 1 is 1.17 bits per heavy atom. The molecule has 1 amide bonds. The van der Waals surface area contributed by atoms with Crippen molar-refractivity contribution in [3.63, 3.8) is 0 Å². The summed E-state index contributed by atoms with van der Waals surface area (Å²) in [5, 5.41) is 2.76. The molecule has 1 heterocycles. The van der Waals surface area contributed by atoms with Crippen LogP contribution in [0.1, 0.15) is 60.0 Å². The molecule has 1 fully saturated rings. The molecule has 0 spiro atoms. The van der Waals surface area contributed by atoms with Gasteiger partial charge in [-0.1, -0.05) is 31.0 Å². The lowest BCUT2D eigenvalue weighted by molar-refractivity contribution is -0.149. The number of carbonyl (C=O) groups is 3. The van der Waals surface area contributed by atoms with Crippen LogP contribution in [0.4, 0.5) is 10.1 Å². The molecule has 1 N–H and O–H groups in total. The number of rotatable bonds is 5. The molecule has 4 rings (SSSR count). The lowest BCUT2D eigenvalue weighted by Gasteiger charge is -2.27. The number of fused-ring (bicyclic) bond motifs is 1. The zero-order chi connectivity index (χ0) is 20.6. The van der Waals surface area contributed by atoms with E-state index in [-0.39, 0.29) is 17.6 Å². The fraction of sp³-hybridized carbons (Fsp3) is 0.348. The largest absolute Gasteiger partial charge is 0.457 e. The van der Waals surface area contributed by atoms with Gasteiger partial charge < -0.3 is 10.1 Å². The fourth-order valence-corrected chi connectivity index (χ4v) is 4.35. The Labute approximate surface area is 168 Å². The van der Waals surface area contributed by atoms with Crippen molar-refractivity contribution < 1.29 is 23.5 Å². The number of hydrogen-bond donors (Lipinski definition) is 1. The lowest BCUT2D eigenvalue weighted by Crippen LogP contribution is -2.36. The third-order valence-corrected chi connectivity index (χ3v) is 6.06. The van der Waals surface area contributed by atoms with E-state index in [0.29, 0.717) is 29.7 Å². The van der Waals surface area contributed by atoms with Gasteiger partial charge in [-0.05, 0) is 49.6 Å². The van der Waals surface area contributed by atoms with Crippen LogP contribution in [0.5, 0.6) is 0 Å². The molecular weight excluding hydrogens is 373 g/mol. The Hall–Kier alpha value is -3.02. The van der Waals surface area contributed by atoms with Crippen LogP contribution < -0.4 is 5.32 Å². The third kappa shape index (κ3) is 3.33. The van der Waals surface area contributed by atoms with Gasteiger partial charge in [0.1, 0.15) is 5.82 Å². The Morgan fingerprint density at radius 2 is 1.90 bits per heavy atom. The summed E-state index contributed by atoms with van der Waals surface area (Å²) >= 11 is 0. The van der Waals surface area contributed by atoms with Crippen LogP contribution in [0.3, 0.4) is 0 Å². The minimum absolute atomic E-state index is 0.107. The van der Waals surface area contributed by atoms with Crippen molar-refractivity contribution in [1.29, 1.82) is 0 Å². The number of nitrogens with one attached hydrogen (secondary N) is 1. The van der Waals surface area contributed by atoms with E-state index in [1.54, 1.807) is 43.3 Å². The SMILES string of the molecule is C[C@H]1C(=O)Nc2ccc(C(=O)COC(=O)C3(c4ccccc4F)CCCC3)cc21. The number of hydrogen-bond acceptors (Lipinski definition) is 4. The van der Waals surface area contributed by atoms with E-state index in [2.05, 4.69) is 5.32 Å². The Morgan fingerprint density at radius 3 is 2.62 bits per heavy atom. The maximum atomic E-state index is 14.4. The van der Waals surface area contributed by atoms with Crippen molar-refractivity contribution in [2.45, 2.75) is 43.9 Å². The molecule has 1 aliphatic heterocycles. The van der Waals surface area contributed by atoms with Crippen LogP contribution in [0.2, 0.25) is 0 Å². The highest BCUT2D eigenvalue weighted by Crippen LogP contribution is 2.43. The van der Waals surface area contributed by atoms with E-state index in [9.17, 15) is 18.8 Å². The highest BCUT2D eigenvalue weighted by atomic mass is 19.1. The number of amides is 1. The minimum Gasteiger partial charge on any atom is -0.457 e. The molecule has 0 aromatic heterocycles. The van der Waals surface area contributed by atoms with E-state index < -0.39 is 23.8 Å². The van der Waals surface area contributed by atoms with Gasteiger partial charge in [0.05, 0.1) is 11.3 Å². The highest BCUT2D eigenvalue weighted by Gasteiger charge is 2.46. The number of anilines is 1. The molecule has 0 saturated heterocycles. The summed E-state index contributed by atoms with van der Waals surface area (Å²) in [4.78, 5) is 37.3. The fourth-order valence-electron chi connectivity index (χ4n) is 4.35. The normalized spacial score (nSPS) is 19.5. The van der Waals surface area contributed by atoms with Crippen molar-refractivity contribution >= 4 is 23.3 Å². The van der Waals surface area contributed by atoms with Gasteiger partial charge in [0.15, 0.2) is 12.4 Å². The standard InChI is InChI=1S/C23H22FNO4/c1-14-16-12-15(8-9-19(16)25-21(14)27)20(26)13-29-22(28)23(10-4-5-11-23)17-6-2-3-7-18(17)24/h2-3,6-9,12,14H,4-5,10-11,13H2,1H3,(H,25,27)/t14-/m1/s1. The summed E-state index contributed by atoms with van der Waals surface area (Å²) in [6.07, 6.45) is 2.62. The van der Waals surface area contributed by atoms with Gasteiger partial charge in [0, 0.05) is 16.8 Å². The van der Waals surface area contributed by atoms with E-state index in [1.807, 2.05) is 0 Å². The summed E-state index contributed by atoms with van der Waals surface area (Å²) in [7, 11) is 0. The number of ketones is 1. The lowest BCUT2D eigenvalue weighted by atomic mass is 9.78. The Balaban J connectivity index is 1.50. The number of carbonyl (C=O) groups excluding carboxylic acids is 3. The first-order valence-electron chi connectivity index (χ1n) is 9.82. The van der Waals surface area contributed by atoms with Gasteiger partial charge in [-0.25, -0.2) is 4.39 Å². The first kappa shape index (κ1) is 19.3.